The molecule has 0 unspecified atom stereocenters. The molecule has 0 N–H and O–H groups in total. The third-order valence-electron chi connectivity index (χ3n) is 5.23. The maximum atomic E-state index is 13.6. The monoisotopic (exact) mass is 467 g/mol. The van der Waals surface area contributed by atoms with Crippen molar-refractivity contribution in [2.75, 3.05) is 45.3 Å². The molecule has 2 heterocycles. The van der Waals surface area contributed by atoms with Gasteiger partial charge in [-0.3, -0.25) is 14.4 Å². The second-order valence-corrected chi connectivity index (χ2v) is 7.91. The number of thiazole rings is 1. The van der Waals surface area contributed by atoms with Crippen LogP contribution in [-0.2, 0) is 7.05 Å². The van der Waals surface area contributed by atoms with Gasteiger partial charge in [-0.25, -0.2) is 4.98 Å². The molecular weight excluding hydrogens is 438 g/mol. The van der Waals surface area contributed by atoms with Gasteiger partial charge in [0.15, 0.2) is 5.13 Å². The van der Waals surface area contributed by atoms with Crippen LogP contribution < -0.4 is 14.4 Å². The molecule has 0 saturated carbocycles. The van der Waals surface area contributed by atoms with Crippen LogP contribution in [0.2, 0.25) is 0 Å². The maximum absolute atomic E-state index is 13.6. The van der Waals surface area contributed by atoms with E-state index < -0.39 is 0 Å². The summed E-state index contributed by atoms with van der Waals surface area (Å²) in [5.74, 6) is 1.25. The Hall–Kier alpha value is -2.36. The highest BCUT2D eigenvalue weighted by Gasteiger charge is 2.27. The highest BCUT2D eigenvalue weighted by Crippen LogP contribution is 2.40. The molecule has 0 fully saturated rings. The fourth-order valence-electron chi connectivity index (χ4n) is 3.44. The summed E-state index contributed by atoms with van der Waals surface area (Å²) in [5.41, 5.74) is 2.10. The van der Waals surface area contributed by atoms with Crippen molar-refractivity contribution in [2.45, 2.75) is 20.8 Å². The summed E-state index contributed by atoms with van der Waals surface area (Å²) in [7, 11) is 5.03. The number of fused-ring (bicyclic) bond motifs is 1. The van der Waals surface area contributed by atoms with Gasteiger partial charge in [-0.15, -0.1) is 12.4 Å². The molecule has 1 amide bonds. The quantitative estimate of drug-likeness (QED) is 0.477. The van der Waals surface area contributed by atoms with E-state index in [9.17, 15) is 4.79 Å². The van der Waals surface area contributed by atoms with Gasteiger partial charge < -0.3 is 14.4 Å². The summed E-state index contributed by atoms with van der Waals surface area (Å²) in [6.45, 7) is 9.25. The van der Waals surface area contributed by atoms with Gasteiger partial charge in [0, 0.05) is 20.1 Å². The van der Waals surface area contributed by atoms with Gasteiger partial charge in [0.05, 0.1) is 20.4 Å². The van der Waals surface area contributed by atoms with Gasteiger partial charge in [-0.2, -0.15) is 5.10 Å². The molecule has 0 atom stereocenters. The Morgan fingerprint density at radius 2 is 1.77 bits per heavy atom. The van der Waals surface area contributed by atoms with E-state index >= 15 is 0 Å². The van der Waals surface area contributed by atoms with Crippen molar-refractivity contribution < 1.29 is 14.3 Å². The summed E-state index contributed by atoms with van der Waals surface area (Å²) < 4.78 is 13.5. The first kappa shape index (κ1) is 24.9. The SMILES string of the molecule is CCN(CC)CCN(C(=O)c1c(C)cnn1C)c1nc2c(OC)ccc(OC)c2s1.Cl. The van der Waals surface area contributed by atoms with Gasteiger partial charge in [0.2, 0.25) is 0 Å². The van der Waals surface area contributed by atoms with E-state index in [-0.39, 0.29) is 18.3 Å². The molecular formula is C21H30ClN5O3S. The fraction of sp³-hybridized carbons (Fsp3) is 0.476. The van der Waals surface area contributed by atoms with Crippen LogP contribution in [0, 0.1) is 6.92 Å². The largest absolute Gasteiger partial charge is 0.495 e. The van der Waals surface area contributed by atoms with Crippen LogP contribution in [0.3, 0.4) is 0 Å². The molecule has 3 rings (SSSR count). The number of likely N-dealkylation sites (N-methyl/N-ethyl adjacent to an activating group) is 1. The Kier molecular flexibility index (Phi) is 8.67. The second-order valence-electron chi connectivity index (χ2n) is 6.93. The highest BCUT2D eigenvalue weighted by atomic mass is 35.5. The Bertz CT molecular complexity index is 971. The number of nitrogens with zero attached hydrogens (tertiary/aromatic N) is 5. The summed E-state index contributed by atoms with van der Waals surface area (Å²) in [6, 6.07) is 3.69. The van der Waals surface area contributed by atoms with Crippen molar-refractivity contribution in [3.05, 3.63) is 29.6 Å². The molecule has 8 nitrogen and oxygen atoms in total. The minimum Gasteiger partial charge on any atom is -0.495 e. The van der Waals surface area contributed by atoms with Crippen molar-refractivity contribution >= 4 is 45.0 Å². The third kappa shape index (κ3) is 4.94. The summed E-state index contributed by atoms with van der Waals surface area (Å²) >= 11 is 1.43. The first-order valence-electron chi connectivity index (χ1n) is 9.99. The van der Waals surface area contributed by atoms with Crippen molar-refractivity contribution in [1.82, 2.24) is 19.7 Å². The molecule has 170 valence electrons. The molecule has 0 radical (unpaired) electrons. The summed E-state index contributed by atoms with van der Waals surface area (Å²) in [4.78, 5) is 22.4. The van der Waals surface area contributed by atoms with E-state index in [4.69, 9.17) is 14.5 Å². The highest BCUT2D eigenvalue weighted by molar-refractivity contribution is 7.22. The molecule has 0 aliphatic heterocycles. The zero-order chi connectivity index (χ0) is 21.8. The number of amides is 1. The maximum Gasteiger partial charge on any atom is 0.278 e. The molecule has 0 aliphatic carbocycles. The smallest absolute Gasteiger partial charge is 0.278 e. The number of anilines is 1. The van der Waals surface area contributed by atoms with E-state index in [1.165, 1.54) is 11.3 Å². The van der Waals surface area contributed by atoms with E-state index in [1.807, 2.05) is 19.1 Å². The van der Waals surface area contributed by atoms with Crippen LogP contribution in [0.1, 0.15) is 29.9 Å². The number of ether oxygens (including phenoxy) is 2. The van der Waals surface area contributed by atoms with Gasteiger partial charge in [0.25, 0.3) is 5.91 Å². The normalized spacial score (nSPS) is 10.9. The lowest BCUT2D eigenvalue weighted by Crippen LogP contribution is -2.39. The van der Waals surface area contributed by atoms with Crippen molar-refractivity contribution in [2.24, 2.45) is 7.05 Å². The van der Waals surface area contributed by atoms with Gasteiger partial charge >= 0.3 is 0 Å². The van der Waals surface area contributed by atoms with E-state index in [1.54, 1.807) is 37.0 Å². The van der Waals surface area contributed by atoms with Crippen LogP contribution in [-0.4, -0.2) is 66.0 Å². The number of halogens is 1. The van der Waals surface area contributed by atoms with Gasteiger partial charge in [-0.1, -0.05) is 25.2 Å². The lowest BCUT2D eigenvalue weighted by molar-refractivity contribution is 0.0974. The Morgan fingerprint density at radius 1 is 1.13 bits per heavy atom. The fourth-order valence-corrected chi connectivity index (χ4v) is 4.54. The molecule has 0 saturated heterocycles. The zero-order valence-corrected chi connectivity index (χ0v) is 20.5. The van der Waals surface area contributed by atoms with Crippen molar-refractivity contribution in [3.63, 3.8) is 0 Å². The summed E-state index contributed by atoms with van der Waals surface area (Å²) in [6.07, 6.45) is 1.71. The van der Waals surface area contributed by atoms with Crippen LogP contribution in [0.25, 0.3) is 10.2 Å². The predicted molar refractivity (Wildman–Crippen MR) is 127 cm³/mol. The number of hydrogen-bond acceptors (Lipinski definition) is 7. The molecule has 0 aliphatic rings. The topological polar surface area (TPSA) is 72.7 Å². The Morgan fingerprint density at radius 3 is 2.32 bits per heavy atom. The van der Waals surface area contributed by atoms with Crippen molar-refractivity contribution in [1.29, 1.82) is 0 Å². The molecule has 31 heavy (non-hydrogen) atoms. The predicted octanol–water partition coefficient (Wildman–Crippen LogP) is 3.77. The number of benzene rings is 1. The molecule has 10 heteroatoms. The third-order valence-corrected chi connectivity index (χ3v) is 6.33. The number of hydrogen-bond donors (Lipinski definition) is 0. The minimum atomic E-state index is -0.114. The average Bonchev–Trinajstić information content (AvgIpc) is 3.33. The molecule has 0 spiro atoms. The molecule has 1 aromatic carbocycles. The number of rotatable bonds is 9. The number of methoxy groups -OCH3 is 2. The van der Waals surface area contributed by atoms with E-state index in [2.05, 4.69) is 23.8 Å². The van der Waals surface area contributed by atoms with Gasteiger partial charge in [-0.05, 0) is 37.7 Å². The molecule has 2 aromatic heterocycles. The lowest BCUT2D eigenvalue weighted by Gasteiger charge is -2.25. The number of aromatic nitrogens is 3. The average molecular weight is 468 g/mol. The van der Waals surface area contributed by atoms with Crippen LogP contribution in [0.4, 0.5) is 5.13 Å². The number of carbonyl (C=O) groups excluding carboxylic acids is 1. The summed E-state index contributed by atoms with van der Waals surface area (Å²) in [5, 5.41) is 4.86. The van der Waals surface area contributed by atoms with Crippen molar-refractivity contribution in [3.8, 4) is 11.5 Å². The first-order chi connectivity index (χ1) is 14.4. The Balaban J connectivity index is 0.00000341. The minimum absolute atomic E-state index is 0. The lowest BCUT2D eigenvalue weighted by atomic mass is 10.2. The van der Waals surface area contributed by atoms with E-state index in [0.717, 1.165) is 29.9 Å². The number of carbonyl (C=O) groups is 1. The van der Waals surface area contributed by atoms with E-state index in [0.29, 0.717) is 34.4 Å². The molecule has 3 aromatic rings. The van der Waals surface area contributed by atoms with Gasteiger partial charge in [0.1, 0.15) is 27.4 Å². The second kappa shape index (κ2) is 10.8. The standard InChI is InChI=1S/C21H29N5O3S.ClH/c1-7-25(8-2)11-12-26(20(27)18-14(3)13-22-24(18)4)21-23-17-15(28-5)9-10-16(29-6)19(17)30-21;/h9-10,13H,7-8,11-12H2,1-6H3;1H. The number of aryl methyl sites for hydroxylation is 2. The van der Waals surface area contributed by atoms with Crippen LogP contribution >= 0.6 is 23.7 Å². The van der Waals surface area contributed by atoms with Crippen LogP contribution in [0.5, 0.6) is 11.5 Å². The van der Waals surface area contributed by atoms with Crippen LogP contribution in [0.15, 0.2) is 18.3 Å². The zero-order valence-electron chi connectivity index (χ0n) is 18.8. The Labute approximate surface area is 193 Å². The first-order valence-corrected chi connectivity index (χ1v) is 10.8. The molecule has 0 bridgehead atoms.